The van der Waals surface area contributed by atoms with E-state index in [-0.39, 0.29) is 12.1 Å². The normalized spacial score (nSPS) is 9.75. The number of hydrogen-bond acceptors (Lipinski definition) is 3. The minimum atomic E-state index is -0.218. The second-order valence-corrected chi connectivity index (χ2v) is 3.48. The Balaban J connectivity index is 3.27. The maximum absolute atomic E-state index is 11.1. The van der Waals surface area contributed by atoms with Gasteiger partial charge in [-0.25, -0.2) is 14.6 Å². The van der Waals surface area contributed by atoms with Crippen molar-refractivity contribution in [1.29, 1.82) is 0 Å². The van der Waals surface area contributed by atoms with E-state index in [9.17, 15) is 9.59 Å². The summed E-state index contributed by atoms with van der Waals surface area (Å²) in [5.74, 6) is 0. The minimum absolute atomic E-state index is 0.182. The summed E-state index contributed by atoms with van der Waals surface area (Å²) in [7, 11) is 5.06. The zero-order chi connectivity index (χ0) is 12.4. The highest BCUT2D eigenvalue weighted by atomic mass is 16.2. The molecule has 0 aliphatic carbocycles. The van der Waals surface area contributed by atoms with E-state index in [1.165, 1.54) is 0 Å². The van der Waals surface area contributed by atoms with E-state index in [2.05, 4.69) is 21.4 Å². The van der Waals surface area contributed by atoms with Gasteiger partial charge in [0, 0.05) is 34.2 Å². The third-order valence-corrected chi connectivity index (χ3v) is 1.73. The van der Waals surface area contributed by atoms with Crippen LogP contribution in [0.5, 0.6) is 0 Å². The molecule has 0 heterocycles. The van der Waals surface area contributed by atoms with Gasteiger partial charge >= 0.3 is 12.1 Å². The molecule has 0 aromatic heterocycles. The SMILES string of the molecule is CNC(=O)NCCCCNC(=O)NN(C)C. The number of carbonyl (C=O) groups excluding carboxylic acids is 2. The van der Waals surface area contributed by atoms with Crippen LogP contribution in [0.15, 0.2) is 0 Å². The fraction of sp³-hybridized carbons (Fsp3) is 0.778. The molecule has 0 saturated carbocycles. The van der Waals surface area contributed by atoms with Crippen molar-refractivity contribution < 1.29 is 9.59 Å². The molecule has 0 radical (unpaired) electrons. The Morgan fingerprint density at radius 1 is 1.00 bits per heavy atom. The average Bonchev–Trinajstić information content (AvgIpc) is 2.21. The molecule has 0 aliphatic rings. The van der Waals surface area contributed by atoms with Gasteiger partial charge in [0.2, 0.25) is 0 Å². The van der Waals surface area contributed by atoms with Crippen LogP contribution in [0.25, 0.3) is 0 Å². The fourth-order valence-electron chi connectivity index (χ4n) is 0.985. The predicted molar refractivity (Wildman–Crippen MR) is 61.9 cm³/mol. The summed E-state index contributed by atoms with van der Waals surface area (Å²) >= 11 is 0. The second kappa shape index (κ2) is 8.78. The van der Waals surface area contributed by atoms with Crippen LogP contribution < -0.4 is 21.4 Å². The number of hydrogen-bond donors (Lipinski definition) is 4. The van der Waals surface area contributed by atoms with Gasteiger partial charge in [-0.05, 0) is 12.8 Å². The standard InChI is InChI=1S/C9H21N5O2/c1-10-8(15)11-6-4-5-7-12-9(16)13-14(2)3/h4-7H2,1-3H3,(H2,10,11,15)(H2,12,13,16). The Hall–Kier alpha value is -1.50. The molecule has 0 aliphatic heterocycles. The first-order valence-corrected chi connectivity index (χ1v) is 5.23. The molecule has 0 saturated heterocycles. The molecule has 0 aromatic carbocycles. The molecule has 7 nitrogen and oxygen atoms in total. The molecule has 0 bridgehead atoms. The van der Waals surface area contributed by atoms with E-state index in [1.54, 1.807) is 26.2 Å². The Bertz CT molecular complexity index is 220. The predicted octanol–water partition coefficient (Wildman–Crippen LogP) is -0.529. The Morgan fingerprint density at radius 3 is 1.94 bits per heavy atom. The summed E-state index contributed by atoms with van der Waals surface area (Å²) in [6, 6.07) is -0.400. The van der Waals surface area contributed by atoms with Crippen LogP contribution in [-0.4, -0.2) is 51.3 Å². The number of hydrazine groups is 1. The van der Waals surface area contributed by atoms with E-state index in [4.69, 9.17) is 0 Å². The van der Waals surface area contributed by atoms with Gasteiger partial charge in [-0.15, -0.1) is 0 Å². The summed E-state index contributed by atoms with van der Waals surface area (Å²) in [6.45, 7) is 1.20. The number of nitrogens with zero attached hydrogens (tertiary/aromatic N) is 1. The monoisotopic (exact) mass is 231 g/mol. The van der Waals surface area contributed by atoms with Gasteiger partial charge in [0.25, 0.3) is 0 Å². The van der Waals surface area contributed by atoms with E-state index in [1.807, 2.05) is 0 Å². The van der Waals surface area contributed by atoms with Crippen LogP contribution >= 0.6 is 0 Å². The molecule has 4 amide bonds. The molecule has 0 unspecified atom stereocenters. The Morgan fingerprint density at radius 2 is 1.50 bits per heavy atom. The van der Waals surface area contributed by atoms with Crippen molar-refractivity contribution in [3.8, 4) is 0 Å². The molecule has 7 heteroatoms. The van der Waals surface area contributed by atoms with Crippen molar-refractivity contribution in [3.63, 3.8) is 0 Å². The van der Waals surface area contributed by atoms with Crippen LogP contribution in [0.2, 0.25) is 0 Å². The van der Waals surface area contributed by atoms with Crippen molar-refractivity contribution in [1.82, 2.24) is 26.4 Å². The number of carbonyl (C=O) groups is 2. The first-order chi connectivity index (χ1) is 7.56. The second-order valence-electron chi connectivity index (χ2n) is 3.48. The number of amides is 4. The quantitative estimate of drug-likeness (QED) is 0.366. The molecular weight excluding hydrogens is 210 g/mol. The van der Waals surface area contributed by atoms with E-state index >= 15 is 0 Å². The molecule has 0 aromatic rings. The molecule has 94 valence electrons. The largest absolute Gasteiger partial charge is 0.341 e. The molecular formula is C9H21N5O2. The smallest absolute Gasteiger partial charge is 0.329 e. The van der Waals surface area contributed by atoms with Gasteiger partial charge in [0.15, 0.2) is 0 Å². The van der Waals surface area contributed by atoms with Crippen LogP contribution in [0, 0.1) is 0 Å². The molecule has 4 N–H and O–H groups in total. The van der Waals surface area contributed by atoms with E-state index < -0.39 is 0 Å². The van der Waals surface area contributed by atoms with Crippen LogP contribution in [-0.2, 0) is 0 Å². The van der Waals surface area contributed by atoms with E-state index in [0.29, 0.717) is 13.1 Å². The first-order valence-electron chi connectivity index (χ1n) is 5.23. The van der Waals surface area contributed by atoms with Crippen molar-refractivity contribution in [3.05, 3.63) is 0 Å². The van der Waals surface area contributed by atoms with Crippen LogP contribution in [0.3, 0.4) is 0 Å². The number of nitrogens with one attached hydrogen (secondary N) is 4. The summed E-state index contributed by atoms with van der Waals surface area (Å²) < 4.78 is 0. The third kappa shape index (κ3) is 9.07. The molecule has 0 atom stereocenters. The lowest BCUT2D eigenvalue weighted by atomic mass is 10.3. The highest BCUT2D eigenvalue weighted by molar-refractivity contribution is 5.73. The lowest BCUT2D eigenvalue weighted by molar-refractivity contribution is 0.212. The summed E-state index contributed by atoms with van der Waals surface area (Å²) in [5, 5.41) is 9.39. The van der Waals surface area contributed by atoms with Gasteiger partial charge in [-0.3, -0.25) is 5.43 Å². The van der Waals surface area contributed by atoms with Crippen molar-refractivity contribution in [2.75, 3.05) is 34.2 Å². The topological polar surface area (TPSA) is 85.5 Å². The molecule has 0 rings (SSSR count). The van der Waals surface area contributed by atoms with Gasteiger partial charge in [0.1, 0.15) is 0 Å². The van der Waals surface area contributed by atoms with Gasteiger partial charge in [-0.2, -0.15) is 0 Å². The summed E-state index contributed by atoms with van der Waals surface area (Å²) in [4.78, 5) is 21.9. The van der Waals surface area contributed by atoms with Gasteiger partial charge in [0.05, 0.1) is 0 Å². The first kappa shape index (κ1) is 14.5. The van der Waals surface area contributed by atoms with Crippen LogP contribution in [0.4, 0.5) is 9.59 Å². The van der Waals surface area contributed by atoms with Crippen LogP contribution in [0.1, 0.15) is 12.8 Å². The summed E-state index contributed by atoms with van der Waals surface area (Å²) in [5.41, 5.74) is 2.56. The molecule has 0 fully saturated rings. The number of unbranched alkanes of at least 4 members (excludes halogenated alkanes) is 1. The lowest BCUT2D eigenvalue weighted by Crippen LogP contribution is -2.43. The van der Waals surface area contributed by atoms with Crippen molar-refractivity contribution in [2.24, 2.45) is 0 Å². The highest BCUT2D eigenvalue weighted by Crippen LogP contribution is 1.84. The number of rotatable bonds is 6. The average molecular weight is 231 g/mol. The Labute approximate surface area is 95.9 Å². The lowest BCUT2D eigenvalue weighted by Gasteiger charge is -2.12. The maximum Gasteiger partial charge on any atom is 0.329 e. The van der Waals surface area contributed by atoms with Crippen molar-refractivity contribution in [2.45, 2.75) is 12.8 Å². The van der Waals surface area contributed by atoms with E-state index in [0.717, 1.165) is 12.8 Å². The number of urea groups is 2. The molecule has 0 spiro atoms. The van der Waals surface area contributed by atoms with Crippen molar-refractivity contribution >= 4 is 12.1 Å². The Kier molecular flexibility index (Phi) is 7.96. The third-order valence-electron chi connectivity index (χ3n) is 1.73. The minimum Gasteiger partial charge on any atom is -0.341 e. The van der Waals surface area contributed by atoms with Gasteiger partial charge < -0.3 is 16.0 Å². The summed E-state index contributed by atoms with van der Waals surface area (Å²) in [6.07, 6.45) is 1.65. The molecule has 16 heavy (non-hydrogen) atoms. The highest BCUT2D eigenvalue weighted by Gasteiger charge is 1.99. The fourth-order valence-corrected chi connectivity index (χ4v) is 0.985. The van der Waals surface area contributed by atoms with Gasteiger partial charge in [-0.1, -0.05) is 0 Å². The zero-order valence-corrected chi connectivity index (χ0v) is 10.1. The zero-order valence-electron chi connectivity index (χ0n) is 10.1. The maximum atomic E-state index is 11.1.